The normalized spacial score (nSPS) is 18.1. The molecule has 0 radical (unpaired) electrons. The molecule has 1 fully saturated rings. The molecule has 96 valence electrons. The highest BCUT2D eigenvalue weighted by atomic mass is 19.1. The number of halogens is 1. The van der Waals surface area contributed by atoms with Crippen LogP contribution < -0.4 is 5.32 Å². The van der Waals surface area contributed by atoms with E-state index in [2.05, 4.69) is 12.2 Å². The Morgan fingerprint density at radius 2 is 2.17 bits per heavy atom. The van der Waals surface area contributed by atoms with E-state index in [1.54, 1.807) is 6.07 Å². The van der Waals surface area contributed by atoms with Crippen LogP contribution >= 0.6 is 0 Å². The summed E-state index contributed by atoms with van der Waals surface area (Å²) in [6.07, 6.45) is 2.03. The van der Waals surface area contributed by atoms with Gasteiger partial charge in [0.1, 0.15) is 11.9 Å². The van der Waals surface area contributed by atoms with E-state index in [0.29, 0.717) is 0 Å². The second-order valence-electron chi connectivity index (χ2n) is 5.08. The molecular formula is C14H17FN2O. The van der Waals surface area contributed by atoms with Crippen LogP contribution in [0.5, 0.6) is 0 Å². The number of ether oxygens (including phenoxy) is 1. The molecule has 0 spiro atoms. The van der Waals surface area contributed by atoms with Gasteiger partial charge in [-0.05, 0) is 36.5 Å². The van der Waals surface area contributed by atoms with Crippen LogP contribution in [0.2, 0.25) is 0 Å². The molecule has 1 aliphatic rings. The van der Waals surface area contributed by atoms with Gasteiger partial charge in [0.25, 0.3) is 0 Å². The molecule has 0 bridgehead atoms. The van der Waals surface area contributed by atoms with Gasteiger partial charge in [-0.15, -0.1) is 0 Å². The van der Waals surface area contributed by atoms with E-state index in [1.165, 1.54) is 12.1 Å². The number of hydrogen-bond donors (Lipinski definition) is 1. The molecule has 0 unspecified atom stereocenters. The van der Waals surface area contributed by atoms with Crippen LogP contribution in [0.1, 0.15) is 25.3 Å². The Morgan fingerprint density at radius 3 is 2.78 bits per heavy atom. The van der Waals surface area contributed by atoms with Crippen molar-refractivity contribution in [1.82, 2.24) is 0 Å². The first-order valence-corrected chi connectivity index (χ1v) is 6.14. The second-order valence-corrected chi connectivity index (χ2v) is 5.08. The fraction of sp³-hybridized carbons (Fsp3) is 0.500. The Hall–Kier alpha value is -1.60. The minimum Gasteiger partial charge on any atom is -0.384 e. The molecule has 0 saturated carbocycles. The summed E-state index contributed by atoms with van der Waals surface area (Å²) in [4.78, 5) is 0. The van der Waals surface area contributed by atoms with Crippen LogP contribution in [0.25, 0.3) is 0 Å². The van der Waals surface area contributed by atoms with Crippen molar-refractivity contribution in [3.8, 4) is 6.07 Å². The smallest absolute Gasteiger partial charge is 0.143 e. The maximum Gasteiger partial charge on any atom is 0.143 e. The average molecular weight is 248 g/mol. The zero-order chi connectivity index (χ0) is 13.0. The second kappa shape index (κ2) is 5.36. The van der Waals surface area contributed by atoms with Crippen LogP contribution in [-0.4, -0.2) is 19.8 Å². The van der Waals surface area contributed by atoms with Gasteiger partial charge in [0.2, 0.25) is 0 Å². The van der Waals surface area contributed by atoms with Gasteiger partial charge >= 0.3 is 0 Å². The lowest BCUT2D eigenvalue weighted by Crippen LogP contribution is -2.33. The van der Waals surface area contributed by atoms with E-state index in [0.717, 1.165) is 38.3 Å². The van der Waals surface area contributed by atoms with E-state index in [1.807, 2.05) is 6.07 Å². The first kappa shape index (κ1) is 12.8. The summed E-state index contributed by atoms with van der Waals surface area (Å²) in [5.74, 6) is -0.473. The number of benzene rings is 1. The molecule has 18 heavy (non-hydrogen) atoms. The molecule has 1 aromatic carbocycles. The zero-order valence-corrected chi connectivity index (χ0v) is 10.5. The third-order valence-electron chi connectivity index (χ3n) is 3.51. The summed E-state index contributed by atoms with van der Waals surface area (Å²) in [7, 11) is 0. The first-order chi connectivity index (χ1) is 8.63. The summed E-state index contributed by atoms with van der Waals surface area (Å²) >= 11 is 0. The molecule has 0 aromatic heterocycles. The highest BCUT2D eigenvalue weighted by molar-refractivity contribution is 5.48. The SMILES string of the molecule is CC1(CNc2ccc(C#N)c(F)c2)CCOCC1. The fourth-order valence-corrected chi connectivity index (χ4v) is 2.07. The van der Waals surface area contributed by atoms with Crippen molar-refractivity contribution in [2.45, 2.75) is 19.8 Å². The highest BCUT2D eigenvalue weighted by Crippen LogP contribution is 2.30. The molecule has 4 heteroatoms. The lowest BCUT2D eigenvalue weighted by molar-refractivity contribution is 0.0300. The van der Waals surface area contributed by atoms with Crippen molar-refractivity contribution < 1.29 is 9.13 Å². The summed E-state index contributed by atoms with van der Waals surface area (Å²) in [5.41, 5.74) is 1.000. The molecule has 2 rings (SSSR count). The average Bonchev–Trinajstić information content (AvgIpc) is 2.38. The maximum absolute atomic E-state index is 13.4. The van der Waals surface area contributed by atoms with Gasteiger partial charge < -0.3 is 10.1 Å². The minimum absolute atomic E-state index is 0.0813. The molecular weight excluding hydrogens is 231 g/mol. The predicted octanol–water partition coefficient (Wildman–Crippen LogP) is 2.93. The van der Waals surface area contributed by atoms with Crippen molar-refractivity contribution in [3.63, 3.8) is 0 Å². The Kier molecular flexibility index (Phi) is 3.83. The molecule has 1 saturated heterocycles. The quantitative estimate of drug-likeness (QED) is 0.894. The maximum atomic E-state index is 13.4. The standard InChI is InChI=1S/C14H17FN2O/c1-14(4-6-18-7-5-14)10-17-12-3-2-11(9-16)13(15)8-12/h2-3,8,17H,4-7,10H2,1H3. The van der Waals surface area contributed by atoms with Gasteiger partial charge in [-0.3, -0.25) is 0 Å². The third kappa shape index (κ3) is 2.99. The molecule has 1 heterocycles. The lowest BCUT2D eigenvalue weighted by atomic mass is 9.82. The van der Waals surface area contributed by atoms with E-state index < -0.39 is 5.82 Å². The van der Waals surface area contributed by atoms with E-state index in [-0.39, 0.29) is 11.0 Å². The Balaban J connectivity index is 1.98. The van der Waals surface area contributed by atoms with Crippen molar-refractivity contribution in [2.75, 3.05) is 25.1 Å². The van der Waals surface area contributed by atoms with E-state index in [9.17, 15) is 4.39 Å². The first-order valence-electron chi connectivity index (χ1n) is 6.14. The Bertz CT molecular complexity index is 461. The monoisotopic (exact) mass is 248 g/mol. The predicted molar refractivity (Wildman–Crippen MR) is 67.8 cm³/mol. The molecule has 1 aromatic rings. The zero-order valence-electron chi connectivity index (χ0n) is 10.5. The minimum atomic E-state index is -0.473. The van der Waals surface area contributed by atoms with Gasteiger partial charge in [-0.25, -0.2) is 4.39 Å². The third-order valence-corrected chi connectivity index (χ3v) is 3.51. The van der Waals surface area contributed by atoms with Crippen LogP contribution in [0.4, 0.5) is 10.1 Å². The van der Waals surface area contributed by atoms with Crippen molar-refractivity contribution in [2.24, 2.45) is 5.41 Å². The van der Waals surface area contributed by atoms with Crippen LogP contribution in [0.3, 0.4) is 0 Å². The molecule has 0 amide bonds. The number of nitriles is 1. The highest BCUT2D eigenvalue weighted by Gasteiger charge is 2.26. The van der Waals surface area contributed by atoms with Gasteiger partial charge in [0.05, 0.1) is 5.56 Å². The number of nitrogens with one attached hydrogen (secondary N) is 1. The summed E-state index contributed by atoms with van der Waals surface area (Å²) in [6.45, 7) is 4.59. The van der Waals surface area contributed by atoms with Gasteiger partial charge in [-0.2, -0.15) is 5.26 Å². The number of rotatable bonds is 3. The Morgan fingerprint density at radius 1 is 1.44 bits per heavy atom. The molecule has 0 aliphatic carbocycles. The fourth-order valence-electron chi connectivity index (χ4n) is 2.07. The molecule has 1 N–H and O–H groups in total. The van der Waals surface area contributed by atoms with Crippen molar-refractivity contribution >= 4 is 5.69 Å². The number of hydrogen-bond acceptors (Lipinski definition) is 3. The lowest BCUT2D eigenvalue weighted by Gasteiger charge is -2.33. The van der Waals surface area contributed by atoms with E-state index >= 15 is 0 Å². The van der Waals surface area contributed by atoms with Gasteiger partial charge in [0.15, 0.2) is 0 Å². The van der Waals surface area contributed by atoms with Crippen molar-refractivity contribution in [3.05, 3.63) is 29.6 Å². The van der Waals surface area contributed by atoms with Gasteiger partial charge in [-0.1, -0.05) is 6.92 Å². The number of anilines is 1. The summed E-state index contributed by atoms with van der Waals surface area (Å²) < 4.78 is 18.8. The van der Waals surface area contributed by atoms with Crippen LogP contribution in [0, 0.1) is 22.6 Å². The van der Waals surface area contributed by atoms with Gasteiger partial charge in [0, 0.05) is 25.4 Å². The van der Waals surface area contributed by atoms with Crippen LogP contribution in [0.15, 0.2) is 18.2 Å². The summed E-state index contributed by atoms with van der Waals surface area (Å²) in [5, 5.41) is 11.9. The number of nitrogens with zero attached hydrogens (tertiary/aromatic N) is 1. The topological polar surface area (TPSA) is 45.0 Å². The molecule has 3 nitrogen and oxygen atoms in total. The molecule has 1 aliphatic heterocycles. The molecule has 0 atom stereocenters. The largest absolute Gasteiger partial charge is 0.384 e. The Labute approximate surface area is 107 Å². The summed E-state index contributed by atoms with van der Waals surface area (Å²) in [6, 6.07) is 6.44. The van der Waals surface area contributed by atoms with E-state index in [4.69, 9.17) is 10.00 Å². The van der Waals surface area contributed by atoms with Crippen LogP contribution in [-0.2, 0) is 4.74 Å². The van der Waals surface area contributed by atoms with Crippen molar-refractivity contribution in [1.29, 1.82) is 5.26 Å².